The number of rotatable bonds is 4. The first kappa shape index (κ1) is 8.73. The standard InChI is InChI=1S/C10H15FN2/c1-2-3-6-13-10(8-4-5-8)9(11)7-12-13/h7-8H,2-6H2,1H3. The molecule has 0 saturated heterocycles. The molecule has 1 aliphatic rings. The summed E-state index contributed by atoms with van der Waals surface area (Å²) in [5, 5.41) is 4.06. The summed E-state index contributed by atoms with van der Waals surface area (Å²) in [5.74, 6) is 0.345. The Labute approximate surface area is 77.8 Å². The summed E-state index contributed by atoms with van der Waals surface area (Å²) in [4.78, 5) is 0. The largest absolute Gasteiger partial charge is 0.266 e. The van der Waals surface area contributed by atoms with E-state index in [1.54, 1.807) is 0 Å². The number of aryl methyl sites for hydroxylation is 1. The molecule has 2 rings (SSSR count). The third kappa shape index (κ3) is 1.74. The van der Waals surface area contributed by atoms with Crippen LogP contribution in [0.25, 0.3) is 0 Å². The minimum Gasteiger partial charge on any atom is -0.266 e. The zero-order chi connectivity index (χ0) is 9.26. The highest BCUT2D eigenvalue weighted by Crippen LogP contribution is 2.41. The first-order valence-corrected chi connectivity index (χ1v) is 5.04. The molecule has 1 heterocycles. The number of unbranched alkanes of at least 4 members (excludes halogenated alkanes) is 1. The van der Waals surface area contributed by atoms with Crippen molar-refractivity contribution in [3.05, 3.63) is 17.7 Å². The zero-order valence-electron chi connectivity index (χ0n) is 7.96. The van der Waals surface area contributed by atoms with E-state index in [1.807, 2.05) is 4.68 Å². The monoisotopic (exact) mass is 182 g/mol. The van der Waals surface area contributed by atoms with Gasteiger partial charge in [-0.25, -0.2) is 4.39 Å². The molecule has 1 fully saturated rings. The second-order valence-electron chi connectivity index (χ2n) is 3.73. The summed E-state index contributed by atoms with van der Waals surface area (Å²) >= 11 is 0. The van der Waals surface area contributed by atoms with Gasteiger partial charge in [-0.3, -0.25) is 4.68 Å². The van der Waals surface area contributed by atoms with Crippen molar-refractivity contribution in [2.45, 2.75) is 45.1 Å². The molecule has 1 aliphatic carbocycles. The minimum absolute atomic E-state index is 0.112. The van der Waals surface area contributed by atoms with Crippen LogP contribution in [0.5, 0.6) is 0 Å². The van der Waals surface area contributed by atoms with Crippen LogP contribution in [0.1, 0.15) is 44.2 Å². The van der Waals surface area contributed by atoms with E-state index in [4.69, 9.17) is 0 Å². The molecule has 0 spiro atoms. The normalized spacial score (nSPS) is 16.5. The maximum Gasteiger partial charge on any atom is 0.164 e. The van der Waals surface area contributed by atoms with Gasteiger partial charge in [0.1, 0.15) is 0 Å². The molecule has 0 bridgehead atoms. The lowest BCUT2D eigenvalue weighted by Gasteiger charge is -2.04. The van der Waals surface area contributed by atoms with Crippen LogP contribution in [0, 0.1) is 5.82 Å². The van der Waals surface area contributed by atoms with Crippen molar-refractivity contribution in [2.24, 2.45) is 0 Å². The van der Waals surface area contributed by atoms with Crippen LogP contribution >= 0.6 is 0 Å². The molecule has 0 amide bonds. The van der Waals surface area contributed by atoms with Crippen LogP contribution in [-0.4, -0.2) is 9.78 Å². The molecule has 0 N–H and O–H groups in total. The number of hydrogen-bond acceptors (Lipinski definition) is 1. The number of hydrogen-bond donors (Lipinski definition) is 0. The molecule has 3 heteroatoms. The van der Waals surface area contributed by atoms with Gasteiger partial charge in [0.25, 0.3) is 0 Å². The lowest BCUT2D eigenvalue weighted by molar-refractivity contribution is 0.533. The van der Waals surface area contributed by atoms with Gasteiger partial charge in [0, 0.05) is 12.5 Å². The highest BCUT2D eigenvalue weighted by molar-refractivity contribution is 5.16. The van der Waals surface area contributed by atoms with Crippen LogP contribution < -0.4 is 0 Å². The van der Waals surface area contributed by atoms with Crippen LogP contribution in [0.3, 0.4) is 0 Å². The molecule has 13 heavy (non-hydrogen) atoms. The Morgan fingerprint density at radius 1 is 1.62 bits per heavy atom. The van der Waals surface area contributed by atoms with Gasteiger partial charge in [-0.2, -0.15) is 5.10 Å². The van der Waals surface area contributed by atoms with Crippen LogP contribution in [0.4, 0.5) is 4.39 Å². The molecular weight excluding hydrogens is 167 g/mol. The third-order valence-corrected chi connectivity index (χ3v) is 2.52. The Kier molecular flexibility index (Phi) is 2.34. The average Bonchev–Trinajstić information content (AvgIpc) is 2.88. The topological polar surface area (TPSA) is 17.8 Å². The van der Waals surface area contributed by atoms with E-state index in [9.17, 15) is 4.39 Å². The summed E-state index contributed by atoms with van der Waals surface area (Å²) < 4.78 is 15.1. The van der Waals surface area contributed by atoms with E-state index in [1.165, 1.54) is 6.20 Å². The minimum atomic E-state index is -0.112. The fourth-order valence-corrected chi connectivity index (χ4v) is 1.62. The van der Waals surface area contributed by atoms with E-state index in [-0.39, 0.29) is 5.82 Å². The van der Waals surface area contributed by atoms with Crippen molar-refractivity contribution >= 4 is 0 Å². The van der Waals surface area contributed by atoms with Gasteiger partial charge in [-0.1, -0.05) is 13.3 Å². The molecule has 0 aromatic carbocycles. The molecule has 72 valence electrons. The molecule has 1 aromatic rings. The van der Waals surface area contributed by atoms with Gasteiger partial charge in [-0.15, -0.1) is 0 Å². The predicted molar refractivity (Wildman–Crippen MR) is 49.1 cm³/mol. The molecular formula is C10H15FN2. The third-order valence-electron chi connectivity index (χ3n) is 2.52. The van der Waals surface area contributed by atoms with Crippen molar-refractivity contribution in [3.63, 3.8) is 0 Å². The van der Waals surface area contributed by atoms with Crippen molar-refractivity contribution in [1.29, 1.82) is 0 Å². The SMILES string of the molecule is CCCCn1ncc(F)c1C1CC1. The van der Waals surface area contributed by atoms with Crippen LogP contribution in [-0.2, 0) is 6.54 Å². The number of halogens is 1. The summed E-state index contributed by atoms with van der Waals surface area (Å²) in [5.41, 5.74) is 0.841. The maximum absolute atomic E-state index is 13.2. The van der Waals surface area contributed by atoms with Gasteiger partial charge < -0.3 is 0 Å². The second-order valence-corrected chi connectivity index (χ2v) is 3.73. The molecule has 1 saturated carbocycles. The lowest BCUT2D eigenvalue weighted by Crippen LogP contribution is -2.04. The smallest absolute Gasteiger partial charge is 0.164 e. The van der Waals surface area contributed by atoms with Crippen molar-refractivity contribution in [3.8, 4) is 0 Å². The van der Waals surface area contributed by atoms with Gasteiger partial charge in [-0.05, 0) is 19.3 Å². The summed E-state index contributed by atoms with van der Waals surface area (Å²) in [6, 6.07) is 0. The highest BCUT2D eigenvalue weighted by atomic mass is 19.1. The molecule has 1 aromatic heterocycles. The van der Waals surface area contributed by atoms with E-state index in [0.29, 0.717) is 5.92 Å². The van der Waals surface area contributed by atoms with Crippen LogP contribution in [0.15, 0.2) is 6.20 Å². The van der Waals surface area contributed by atoms with Gasteiger partial charge in [0.2, 0.25) is 0 Å². The first-order valence-electron chi connectivity index (χ1n) is 5.04. The lowest BCUT2D eigenvalue weighted by atomic mass is 10.2. The van der Waals surface area contributed by atoms with E-state index in [2.05, 4.69) is 12.0 Å². The Morgan fingerprint density at radius 2 is 2.38 bits per heavy atom. The zero-order valence-corrected chi connectivity index (χ0v) is 7.96. The molecule has 0 aliphatic heterocycles. The van der Waals surface area contributed by atoms with Gasteiger partial charge >= 0.3 is 0 Å². The van der Waals surface area contributed by atoms with Crippen molar-refractivity contribution < 1.29 is 4.39 Å². The van der Waals surface area contributed by atoms with Crippen molar-refractivity contribution in [1.82, 2.24) is 9.78 Å². The molecule has 0 atom stereocenters. The number of aromatic nitrogens is 2. The Hall–Kier alpha value is -0.860. The van der Waals surface area contributed by atoms with E-state index in [0.717, 1.165) is 37.9 Å². The van der Waals surface area contributed by atoms with Crippen LogP contribution in [0.2, 0.25) is 0 Å². The molecule has 0 unspecified atom stereocenters. The number of nitrogens with zero attached hydrogens (tertiary/aromatic N) is 2. The predicted octanol–water partition coefficient (Wildman–Crippen LogP) is 2.70. The summed E-state index contributed by atoms with van der Waals surface area (Å²) in [6.07, 6.45) is 5.83. The van der Waals surface area contributed by atoms with E-state index >= 15 is 0 Å². The van der Waals surface area contributed by atoms with E-state index < -0.39 is 0 Å². The summed E-state index contributed by atoms with van der Waals surface area (Å²) in [7, 11) is 0. The quantitative estimate of drug-likeness (QED) is 0.700. The molecule has 2 nitrogen and oxygen atoms in total. The average molecular weight is 182 g/mol. The Bertz CT molecular complexity index is 289. The van der Waals surface area contributed by atoms with Gasteiger partial charge in [0.15, 0.2) is 5.82 Å². The Balaban J connectivity index is 2.13. The van der Waals surface area contributed by atoms with Gasteiger partial charge in [0.05, 0.1) is 11.9 Å². The first-order chi connectivity index (χ1) is 6.33. The fraction of sp³-hybridized carbons (Fsp3) is 0.700. The highest BCUT2D eigenvalue weighted by Gasteiger charge is 2.30. The molecule has 0 radical (unpaired) electrons. The second kappa shape index (κ2) is 3.48. The maximum atomic E-state index is 13.2. The fourth-order valence-electron chi connectivity index (χ4n) is 1.62. The Morgan fingerprint density at radius 3 is 3.00 bits per heavy atom. The van der Waals surface area contributed by atoms with Crippen molar-refractivity contribution in [2.75, 3.05) is 0 Å². The summed E-state index contributed by atoms with van der Waals surface area (Å²) in [6.45, 7) is 3.00.